The number of hydrazine groups is 1. The number of rotatable bonds is 2. The Morgan fingerprint density at radius 1 is 1.42 bits per heavy atom. The maximum atomic E-state index is 12.4. The molecule has 2 amide bonds. The van der Waals surface area contributed by atoms with Crippen molar-refractivity contribution in [2.75, 3.05) is 5.32 Å². The Morgan fingerprint density at radius 3 is 2.79 bits per heavy atom. The molecule has 0 fully saturated rings. The van der Waals surface area contributed by atoms with Gasteiger partial charge in [0.05, 0.1) is 12.1 Å². The molecule has 2 rings (SSSR count). The molecule has 8 heteroatoms. The van der Waals surface area contributed by atoms with Crippen LogP contribution in [0, 0.1) is 0 Å². The molecule has 1 aromatic heterocycles. The number of alkyl halides is 3. The summed E-state index contributed by atoms with van der Waals surface area (Å²) in [6.07, 6.45) is -3.31. The first kappa shape index (κ1) is 13.6. The number of aromatic nitrogens is 1. The van der Waals surface area contributed by atoms with Crippen molar-refractivity contribution in [2.45, 2.75) is 31.9 Å². The molecule has 0 aliphatic heterocycles. The summed E-state index contributed by atoms with van der Waals surface area (Å²) in [5, 5.41) is 2.44. The van der Waals surface area contributed by atoms with E-state index in [1.54, 1.807) is 0 Å². The van der Waals surface area contributed by atoms with Gasteiger partial charge in [-0.15, -0.1) is 0 Å². The lowest BCUT2D eigenvalue weighted by atomic mass is 10.1. The van der Waals surface area contributed by atoms with Gasteiger partial charge in [-0.1, -0.05) is 0 Å². The Bertz CT molecular complexity index is 501. The van der Waals surface area contributed by atoms with Gasteiger partial charge in [0.15, 0.2) is 0 Å². The highest BCUT2D eigenvalue weighted by Gasteiger charge is 2.30. The summed E-state index contributed by atoms with van der Waals surface area (Å²) < 4.78 is 37.2. The number of hydrogen-bond donors (Lipinski definition) is 3. The summed E-state index contributed by atoms with van der Waals surface area (Å²) in [5.41, 5.74) is 3.54. The molecule has 0 unspecified atom stereocenters. The molecule has 104 valence electrons. The molecule has 1 heterocycles. The number of carbonyl (C=O) groups excluding carboxylic acids is 1. The number of nitrogens with one attached hydrogen (secondary N) is 2. The van der Waals surface area contributed by atoms with E-state index >= 15 is 0 Å². The van der Waals surface area contributed by atoms with Gasteiger partial charge in [-0.3, -0.25) is 10.4 Å². The van der Waals surface area contributed by atoms with Gasteiger partial charge in [-0.05, 0) is 30.9 Å². The molecule has 0 bridgehead atoms. The zero-order chi connectivity index (χ0) is 14.0. The predicted molar refractivity (Wildman–Crippen MR) is 62.4 cm³/mol. The van der Waals surface area contributed by atoms with Crippen LogP contribution in [-0.4, -0.2) is 17.2 Å². The van der Waals surface area contributed by atoms with Crippen LogP contribution < -0.4 is 16.6 Å². The highest BCUT2D eigenvalue weighted by molar-refractivity contribution is 5.90. The van der Waals surface area contributed by atoms with E-state index in [4.69, 9.17) is 5.84 Å². The number of nitrogens with two attached hydrogens (primary N) is 1. The number of urea groups is 1. The molecule has 0 saturated heterocycles. The van der Waals surface area contributed by atoms with Crippen LogP contribution in [0.1, 0.15) is 23.4 Å². The van der Waals surface area contributed by atoms with Crippen molar-refractivity contribution in [3.63, 3.8) is 0 Å². The lowest BCUT2D eigenvalue weighted by molar-refractivity contribution is -0.127. The number of halogens is 3. The van der Waals surface area contributed by atoms with Crippen molar-refractivity contribution in [1.29, 1.82) is 0 Å². The molecule has 0 atom stereocenters. The molecular weight excluding hydrogens is 261 g/mol. The smallest absolute Gasteiger partial charge is 0.306 e. The topological polar surface area (TPSA) is 80.0 Å². The van der Waals surface area contributed by atoms with Gasteiger partial charge >= 0.3 is 12.2 Å². The van der Waals surface area contributed by atoms with E-state index in [2.05, 4.69) is 10.3 Å². The zero-order valence-corrected chi connectivity index (χ0v) is 9.97. The number of aryl methyl sites for hydroxylation is 1. The minimum Gasteiger partial charge on any atom is -0.306 e. The van der Waals surface area contributed by atoms with Crippen molar-refractivity contribution in [3.8, 4) is 0 Å². The van der Waals surface area contributed by atoms with E-state index in [-0.39, 0.29) is 5.69 Å². The van der Waals surface area contributed by atoms with Crippen LogP contribution in [0.25, 0.3) is 0 Å². The number of carbonyl (C=O) groups is 1. The third-order valence-corrected chi connectivity index (χ3v) is 2.86. The second-order valence-corrected chi connectivity index (χ2v) is 4.33. The van der Waals surface area contributed by atoms with Crippen LogP contribution in [0.2, 0.25) is 0 Å². The average molecular weight is 274 g/mol. The average Bonchev–Trinajstić information content (AvgIpc) is 2.74. The number of hydrogen-bond acceptors (Lipinski definition) is 3. The first-order chi connectivity index (χ1) is 8.89. The molecule has 0 aromatic carbocycles. The summed E-state index contributed by atoms with van der Waals surface area (Å²) in [4.78, 5) is 15.2. The summed E-state index contributed by atoms with van der Waals surface area (Å²) in [6, 6.07) is 0.589. The van der Waals surface area contributed by atoms with Gasteiger partial charge in [0, 0.05) is 11.4 Å². The highest BCUT2D eigenvalue weighted by atomic mass is 19.4. The van der Waals surface area contributed by atoms with Crippen molar-refractivity contribution in [1.82, 2.24) is 10.4 Å². The fourth-order valence-electron chi connectivity index (χ4n) is 2.17. The number of nitrogens with zero attached hydrogens (tertiary/aromatic N) is 1. The fraction of sp³-hybridized carbons (Fsp3) is 0.455. The molecule has 1 aromatic rings. The Hall–Kier alpha value is -1.83. The molecule has 5 nitrogen and oxygen atoms in total. The quantitative estimate of drug-likeness (QED) is 0.436. The van der Waals surface area contributed by atoms with E-state index in [1.807, 2.05) is 5.43 Å². The molecule has 0 spiro atoms. The van der Waals surface area contributed by atoms with E-state index in [9.17, 15) is 18.0 Å². The first-order valence-electron chi connectivity index (χ1n) is 5.75. The number of amides is 2. The lowest BCUT2D eigenvalue weighted by Gasteiger charge is -2.13. The maximum absolute atomic E-state index is 12.4. The van der Waals surface area contributed by atoms with Crippen LogP contribution >= 0.6 is 0 Å². The summed E-state index contributed by atoms with van der Waals surface area (Å²) in [5.74, 6) is 4.95. The van der Waals surface area contributed by atoms with Gasteiger partial charge in [-0.25, -0.2) is 10.6 Å². The molecule has 0 radical (unpaired) electrons. The van der Waals surface area contributed by atoms with Crippen LogP contribution in [0.5, 0.6) is 0 Å². The van der Waals surface area contributed by atoms with Crippen molar-refractivity contribution < 1.29 is 18.0 Å². The molecule has 4 N–H and O–H groups in total. The fourth-order valence-corrected chi connectivity index (χ4v) is 2.17. The summed E-state index contributed by atoms with van der Waals surface area (Å²) >= 11 is 0. The lowest BCUT2D eigenvalue weighted by Crippen LogP contribution is -2.34. The van der Waals surface area contributed by atoms with Crippen molar-refractivity contribution in [2.24, 2.45) is 5.84 Å². The minimum absolute atomic E-state index is 0.0968. The normalized spacial score (nSPS) is 14.1. The van der Waals surface area contributed by atoms with Crippen LogP contribution in [0.4, 0.5) is 23.7 Å². The Labute approximate surface area is 107 Å². The summed E-state index contributed by atoms with van der Waals surface area (Å²) in [6.45, 7) is 0. The van der Waals surface area contributed by atoms with Gasteiger partial charge in [0.25, 0.3) is 0 Å². The third kappa shape index (κ3) is 3.34. The zero-order valence-electron chi connectivity index (χ0n) is 9.97. The van der Waals surface area contributed by atoms with Crippen molar-refractivity contribution >= 4 is 11.7 Å². The maximum Gasteiger partial charge on any atom is 0.394 e. The van der Waals surface area contributed by atoms with E-state index in [0.717, 1.165) is 12.0 Å². The molecular formula is C11H13F3N4O. The Morgan fingerprint density at radius 2 is 2.16 bits per heavy atom. The van der Waals surface area contributed by atoms with E-state index in [0.29, 0.717) is 24.2 Å². The van der Waals surface area contributed by atoms with Crippen LogP contribution in [0.15, 0.2) is 6.07 Å². The monoisotopic (exact) mass is 274 g/mol. The number of fused-ring (bicyclic) bond motifs is 1. The molecule has 1 aliphatic rings. The minimum atomic E-state index is -4.33. The number of anilines is 1. The van der Waals surface area contributed by atoms with Crippen LogP contribution in [0.3, 0.4) is 0 Å². The van der Waals surface area contributed by atoms with Gasteiger partial charge < -0.3 is 5.32 Å². The van der Waals surface area contributed by atoms with Gasteiger partial charge in [-0.2, -0.15) is 13.2 Å². The van der Waals surface area contributed by atoms with E-state index in [1.165, 1.54) is 6.07 Å². The van der Waals surface area contributed by atoms with Crippen LogP contribution in [-0.2, 0) is 19.3 Å². The number of pyridine rings is 1. The Kier molecular flexibility index (Phi) is 3.61. The second-order valence-electron chi connectivity index (χ2n) is 4.33. The van der Waals surface area contributed by atoms with Crippen molar-refractivity contribution in [3.05, 3.63) is 23.0 Å². The SMILES string of the molecule is NNC(=O)Nc1cc(CC(F)(F)F)nc2c1CCC2. The standard InChI is InChI=1S/C11H13F3N4O/c12-11(13,14)5-6-4-9(17-10(19)18-15)7-2-1-3-8(7)16-6/h4H,1-3,5,15H2,(H2,16,17,18,19). The highest BCUT2D eigenvalue weighted by Crippen LogP contribution is 2.30. The van der Waals surface area contributed by atoms with Gasteiger partial charge in [0.2, 0.25) is 0 Å². The Balaban J connectivity index is 2.33. The molecule has 0 saturated carbocycles. The summed E-state index contributed by atoms with van der Waals surface area (Å²) in [7, 11) is 0. The molecule has 19 heavy (non-hydrogen) atoms. The predicted octanol–water partition coefficient (Wildman–Crippen LogP) is 1.67. The first-order valence-corrected chi connectivity index (χ1v) is 5.75. The third-order valence-electron chi connectivity index (χ3n) is 2.86. The largest absolute Gasteiger partial charge is 0.394 e. The second kappa shape index (κ2) is 5.04. The molecule has 1 aliphatic carbocycles. The van der Waals surface area contributed by atoms with Gasteiger partial charge in [0.1, 0.15) is 0 Å². The van der Waals surface area contributed by atoms with E-state index < -0.39 is 18.6 Å².